The number of oxazole rings is 1. The molecule has 0 aliphatic carbocycles. The standard InChI is InChI=1S/C22H22N4O2S2/c1-13-14(2)30-22-19(13)21(23-12-24-22)29-11-18(27)26-9-7-15(8-10-26)20-25-16-5-3-4-6-17(16)28-20/h3-6,12,15H,7-11H2,1-2H3. The van der Waals surface area contributed by atoms with E-state index < -0.39 is 0 Å². The van der Waals surface area contributed by atoms with Crippen molar-refractivity contribution >= 4 is 50.3 Å². The van der Waals surface area contributed by atoms with Gasteiger partial charge in [-0.2, -0.15) is 0 Å². The zero-order valence-corrected chi connectivity index (χ0v) is 18.6. The van der Waals surface area contributed by atoms with Gasteiger partial charge < -0.3 is 9.32 Å². The molecule has 4 aromatic rings. The summed E-state index contributed by atoms with van der Waals surface area (Å²) >= 11 is 3.19. The van der Waals surface area contributed by atoms with Crippen LogP contribution >= 0.6 is 23.1 Å². The van der Waals surface area contributed by atoms with Crippen LogP contribution in [0.15, 0.2) is 40.0 Å². The van der Waals surface area contributed by atoms with E-state index in [-0.39, 0.29) is 11.8 Å². The number of likely N-dealkylation sites (tertiary alicyclic amines) is 1. The largest absolute Gasteiger partial charge is 0.440 e. The molecule has 1 saturated heterocycles. The molecule has 0 unspecified atom stereocenters. The molecule has 1 aliphatic heterocycles. The highest BCUT2D eigenvalue weighted by Gasteiger charge is 2.27. The predicted octanol–water partition coefficient (Wildman–Crippen LogP) is 4.95. The molecule has 1 aromatic carbocycles. The second-order valence-electron chi connectivity index (χ2n) is 7.61. The molecule has 0 saturated carbocycles. The van der Waals surface area contributed by atoms with Crippen molar-refractivity contribution in [2.45, 2.75) is 37.6 Å². The van der Waals surface area contributed by atoms with Gasteiger partial charge in [-0.15, -0.1) is 11.3 Å². The average molecular weight is 439 g/mol. The molecular weight excluding hydrogens is 416 g/mol. The summed E-state index contributed by atoms with van der Waals surface area (Å²) < 4.78 is 5.93. The zero-order chi connectivity index (χ0) is 20.7. The van der Waals surface area contributed by atoms with E-state index in [9.17, 15) is 4.79 Å². The molecule has 0 bridgehead atoms. The van der Waals surface area contributed by atoms with E-state index in [0.717, 1.165) is 58.2 Å². The van der Waals surface area contributed by atoms with Crippen LogP contribution in [0.25, 0.3) is 21.3 Å². The number of carbonyl (C=O) groups is 1. The van der Waals surface area contributed by atoms with Gasteiger partial charge in [0.25, 0.3) is 0 Å². The first-order chi connectivity index (χ1) is 14.6. The Labute approximate surface area is 182 Å². The Kier molecular flexibility index (Phi) is 5.20. The molecule has 6 nitrogen and oxygen atoms in total. The van der Waals surface area contributed by atoms with Gasteiger partial charge >= 0.3 is 0 Å². The Morgan fingerprint density at radius 1 is 1.23 bits per heavy atom. The lowest BCUT2D eigenvalue weighted by Crippen LogP contribution is -2.39. The van der Waals surface area contributed by atoms with Crippen LogP contribution in [0.2, 0.25) is 0 Å². The van der Waals surface area contributed by atoms with Gasteiger partial charge in [0.15, 0.2) is 11.5 Å². The summed E-state index contributed by atoms with van der Waals surface area (Å²) in [6.45, 7) is 5.67. The van der Waals surface area contributed by atoms with Gasteiger partial charge in [-0.25, -0.2) is 15.0 Å². The van der Waals surface area contributed by atoms with Crippen molar-refractivity contribution in [1.29, 1.82) is 0 Å². The number of thioether (sulfide) groups is 1. The molecular formula is C22H22N4O2S2. The Bertz CT molecular complexity index is 1190. The monoisotopic (exact) mass is 438 g/mol. The molecule has 8 heteroatoms. The summed E-state index contributed by atoms with van der Waals surface area (Å²) in [5.41, 5.74) is 2.94. The number of aromatic nitrogens is 3. The van der Waals surface area contributed by atoms with Crippen molar-refractivity contribution in [2.24, 2.45) is 0 Å². The van der Waals surface area contributed by atoms with Crippen LogP contribution in [0.3, 0.4) is 0 Å². The number of carbonyl (C=O) groups excluding carboxylic acids is 1. The Morgan fingerprint density at radius 2 is 2.03 bits per heavy atom. The number of benzene rings is 1. The number of fused-ring (bicyclic) bond motifs is 2. The number of para-hydroxylation sites is 2. The lowest BCUT2D eigenvalue weighted by molar-refractivity contribution is -0.129. The SMILES string of the molecule is Cc1sc2ncnc(SCC(=O)N3CCC(c4nc5ccccc5o4)CC3)c2c1C. The first-order valence-corrected chi connectivity index (χ1v) is 11.9. The third kappa shape index (κ3) is 3.58. The second-order valence-corrected chi connectivity index (χ2v) is 9.77. The molecule has 0 spiro atoms. The van der Waals surface area contributed by atoms with Crippen LogP contribution in [0.4, 0.5) is 0 Å². The van der Waals surface area contributed by atoms with Crippen LogP contribution < -0.4 is 0 Å². The van der Waals surface area contributed by atoms with Crippen molar-refractivity contribution < 1.29 is 9.21 Å². The van der Waals surface area contributed by atoms with Crippen molar-refractivity contribution in [2.75, 3.05) is 18.8 Å². The number of hydrogen-bond donors (Lipinski definition) is 0. The second kappa shape index (κ2) is 8.00. The number of rotatable bonds is 4. The Morgan fingerprint density at radius 3 is 2.83 bits per heavy atom. The van der Waals surface area contributed by atoms with Crippen molar-refractivity contribution in [3.8, 4) is 0 Å². The summed E-state index contributed by atoms with van der Waals surface area (Å²) in [5, 5.41) is 1.99. The minimum Gasteiger partial charge on any atom is -0.440 e. The number of thiophene rings is 1. The minimum atomic E-state index is 0.160. The Balaban J connectivity index is 1.21. The van der Waals surface area contributed by atoms with Crippen molar-refractivity contribution in [3.63, 3.8) is 0 Å². The van der Waals surface area contributed by atoms with Crippen molar-refractivity contribution in [3.05, 3.63) is 46.9 Å². The molecule has 1 amide bonds. The molecule has 1 fully saturated rings. The van der Waals surface area contributed by atoms with Crippen LogP contribution in [0.5, 0.6) is 0 Å². The zero-order valence-electron chi connectivity index (χ0n) is 16.9. The average Bonchev–Trinajstić information content (AvgIpc) is 3.33. The van der Waals surface area contributed by atoms with Gasteiger partial charge in [0.1, 0.15) is 21.7 Å². The van der Waals surface area contributed by atoms with Gasteiger partial charge in [0.2, 0.25) is 5.91 Å². The van der Waals surface area contributed by atoms with Gasteiger partial charge in [-0.05, 0) is 44.4 Å². The van der Waals surface area contributed by atoms with Crippen LogP contribution in [0, 0.1) is 13.8 Å². The normalized spacial score (nSPS) is 15.3. The summed E-state index contributed by atoms with van der Waals surface area (Å²) in [6, 6.07) is 7.85. The highest BCUT2D eigenvalue weighted by molar-refractivity contribution is 8.00. The molecule has 1 aliphatic rings. The number of nitrogens with zero attached hydrogens (tertiary/aromatic N) is 4. The number of hydrogen-bond acceptors (Lipinski definition) is 7. The Hall–Kier alpha value is -2.45. The van der Waals surface area contributed by atoms with E-state index in [0.29, 0.717) is 5.75 Å². The molecule has 0 N–H and O–H groups in total. The van der Waals surface area contributed by atoms with E-state index in [1.165, 1.54) is 22.2 Å². The van der Waals surface area contributed by atoms with Crippen molar-refractivity contribution in [1.82, 2.24) is 19.9 Å². The van der Waals surface area contributed by atoms with Gasteiger partial charge in [-0.1, -0.05) is 23.9 Å². The molecule has 30 heavy (non-hydrogen) atoms. The fourth-order valence-corrected chi connectivity index (χ4v) is 5.94. The maximum atomic E-state index is 12.8. The molecule has 3 aromatic heterocycles. The van der Waals surface area contributed by atoms with E-state index >= 15 is 0 Å². The van der Waals surface area contributed by atoms with Crippen LogP contribution in [-0.2, 0) is 4.79 Å². The lowest BCUT2D eigenvalue weighted by atomic mass is 9.97. The highest BCUT2D eigenvalue weighted by Crippen LogP contribution is 2.35. The van der Waals surface area contributed by atoms with Gasteiger partial charge in [0, 0.05) is 29.3 Å². The highest BCUT2D eigenvalue weighted by atomic mass is 32.2. The fourth-order valence-electron chi connectivity index (χ4n) is 3.92. The topological polar surface area (TPSA) is 72.1 Å². The van der Waals surface area contributed by atoms with Gasteiger partial charge in [-0.3, -0.25) is 4.79 Å². The van der Waals surface area contributed by atoms with Crippen LogP contribution in [-0.4, -0.2) is 44.6 Å². The first-order valence-electron chi connectivity index (χ1n) is 10.1. The predicted molar refractivity (Wildman–Crippen MR) is 120 cm³/mol. The molecule has 4 heterocycles. The fraction of sp³-hybridized carbons (Fsp3) is 0.364. The summed E-state index contributed by atoms with van der Waals surface area (Å²) in [6.07, 6.45) is 3.35. The molecule has 154 valence electrons. The third-order valence-corrected chi connectivity index (χ3v) is 7.86. The number of piperidine rings is 1. The van der Waals surface area contributed by atoms with Gasteiger partial charge in [0.05, 0.1) is 5.75 Å². The maximum Gasteiger partial charge on any atom is 0.232 e. The quantitative estimate of drug-likeness (QED) is 0.332. The van der Waals surface area contributed by atoms with E-state index in [4.69, 9.17) is 4.42 Å². The summed E-state index contributed by atoms with van der Waals surface area (Å²) in [7, 11) is 0. The molecule has 0 radical (unpaired) electrons. The molecule has 0 atom stereocenters. The number of aryl methyl sites for hydroxylation is 2. The van der Waals surface area contributed by atoms with E-state index in [1.54, 1.807) is 17.7 Å². The molecule has 5 rings (SSSR count). The van der Waals surface area contributed by atoms with E-state index in [2.05, 4.69) is 28.8 Å². The first kappa shape index (κ1) is 19.5. The lowest BCUT2D eigenvalue weighted by Gasteiger charge is -2.30. The van der Waals surface area contributed by atoms with E-state index in [1.807, 2.05) is 29.2 Å². The number of amides is 1. The third-order valence-electron chi connectivity index (χ3n) is 5.77. The summed E-state index contributed by atoms with van der Waals surface area (Å²) in [4.78, 5) is 30.5. The minimum absolute atomic E-state index is 0.160. The summed E-state index contributed by atoms with van der Waals surface area (Å²) in [5.74, 6) is 1.62. The van der Waals surface area contributed by atoms with Crippen LogP contribution in [0.1, 0.15) is 35.1 Å². The maximum absolute atomic E-state index is 12.8. The smallest absolute Gasteiger partial charge is 0.232 e.